The molecule has 24 heavy (non-hydrogen) atoms. The number of benzene rings is 1. The van der Waals surface area contributed by atoms with Gasteiger partial charge in [-0.2, -0.15) is 0 Å². The Kier molecular flexibility index (Phi) is 5.11. The second-order valence-electron chi connectivity index (χ2n) is 6.10. The molecular formula is C19H22N2O3. The Morgan fingerprint density at radius 2 is 2.17 bits per heavy atom. The van der Waals surface area contributed by atoms with Crippen LogP contribution in [0.15, 0.2) is 48.8 Å². The number of ether oxygens (including phenoxy) is 1. The molecule has 0 saturated carbocycles. The summed E-state index contributed by atoms with van der Waals surface area (Å²) >= 11 is 0. The van der Waals surface area contributed by atoms with E-state index in [4.69, 9.17) is 4.74 Å². The van der Waals surface area contributed by atoms with Gasteiger partial charge in [0.05, 0.1) is 19.1 Å². The van der Waals surface area contributed by atoms with Crippen LogP contribution in [0.5, 0.6) is 5.75 Å². The summed E-state index contributed by atoms with van der Waals surface area (Å²) < 4.78 is 5.55. The maximum atomic E-state index is 11.5. The van der Waals surface area contributed by atoms with Crippen LogP contribution in [-0.2, 0) is 4.79 Å². The van der Waals surface area contributed by atoms with E-state index < -0.39 is 5.97 Å². The summed E-state index contributed by atoms with van der Waals surface area (Å²) in [4.78, 5) is 17.9. The molecule has 1 aliphatic rings. The van der Waals surface area contributed by atoms with Gasteiger partial charge in [-0.05, 0) is 37.1 Å². The van der Waals surface area contributed by atoms with Crippen molar-refractivity contribution in [1.29, 1.82) is 0 Å². The number of pyridine rings is 1. The summed E-state index contributed by atoms with van der Waals surface area (Å²) in [5.74, 6) is -0.235. The Balaban J connectivity index is 2.01. The van der Waals surface area contributed by atoms with Crippen molar-refractivity contribution in [1.82, 2.24) is 9.88 Å². The summed E-state index contributed by atoms with van der Waals surface area (Å²) in [5, 5.41) is 9.42. The number of aromatic nitrogens is 1. The van der Waals surface area contributed by atoms with Crippen molar-refractivity contribution in [2.45, 2.75) is 18.9 Å². The van der Waals surface area contributed by atoms with Crippen LogP contribution in [0.2, 0.25) is 0 Å². The molecule has 5 nitrogen and oxygen atoms in total. The van der Waals surface area contributed by atoms with Crippen molar-refractivity contribution in [3.63, 3.8) is 0 Å². The number of hydrogen-bond donors (Lipinski definition) is 1. The molecule has 0 radical (unpaired) electrons. The molecule has 5 heteroatoms. The van der Waals surface area contributed by atoms with Gasteiger partial charge in [-0.3, -0.25) is 14.7 Å². The van der Waals surface area contributed by atoms with Crippen molar-refractivity contribution in [3.8, 4) is 5.75 Å². The van der Waals surface area contributed by atoms with E-state index in [0.29, 0.717) is 6.54 Å². The van der Waals surface area contributed by atoms with Crippen LogP contribution in [0.3, 0.4) is 0 Å². The van der Waals surface area contributed by atoms with E-state index >= 15 is 0 Å². The SMILES string of the molecule is COc1ccccc1C(c1cccnc1)N1CCCC(C(=O)O)C1. The zero-order chi connectivity index (χ0) is 16.9. The molecule has 0 spiro atoms. The Labute approximate surface area is 141 Å². The van der Waals surface area contributed by atoms with Gasteiger partial charge in [0, 0.05) is 24.5 Å². The zero-order valence-electron chi connectivity index (χ0n) is 13.8. The molecule has 1 fully saturated rings. The molecule has 1 N–H and O–H groups in total. The van der Waals surface area contributed by atoms with Crippen molar-refractivity contribution in [2.24, 2.45) is 5.92 Å². The predicted octanol–water partition coefficient (Wildman–Crippen LogP) is 2.98. The van der Waals surface area contributed by atoms with Crippen molar-refractivity contribution in [2.75, 3.05) is 20.2 Å². The van der Waals surface area contributed by atoms with Crippen LogP contribution in [0.4, 0.5) is 0 Å². The van der Waals surface area contributed by atoms with Gasteiger partial charge in [0.15, 0.2) is 0 Å². The number of likely N-dealkylation sites (tertiary alicyclic amines) is 1. The minimum atomic E-state index is -0.718. The molecular weight excluding hydrogens is 304 g/mol. The van der Waals surface area contributed by atoms with Gasteiger partial charge in [0.1, 0.15) is 5.75 Å². The van der Waals surface area contributed by atoms with Gasteiger partial charge in [-0.15, -0.1) is 0 Å². The molecule has 2 atom stereocenters. The fourth-order valence-corrected chi connectivity index (χ4v) is 3.46. The Bertz CT molecular complexity index is 690. The monoisotopic (exact) mass is 326 g/mol. The van der Waals surface area contributed by atoms with Gasteiger partial charge >= 0.3 is 5.97 Å². The molecule has 126 valence electrons. The van der Waals surface area contributed by atoms with Crippen molar-refractivity contribution in [3.05, 3.63) is 59.9 Å². The first kappa shape index (κ1) is 16.5. The highest BCUT2D eigenvalue weighted by molar-refractivity contribution is 5.70. The third kappa shape index (κ3) is 3.41. The number of para-hydroxylation sites is 1. The smallest absolute Gasteiger partial charge is 0.307 e. The molecule has 3 rings (SSSR count). The lowest BCUT2D eigenvalue weighted by Gasteiger charge is -2.37. The average molecular weight is 326 g/mol. The van der Waals surface area contributed by atoms with E-state index in [-0.39, 0.29) is 12.0 Å². The summed E-state index contributed by atoms with van der Waals surface area (Å²) in [5.41, 5.74) is 2.09. The second-order valence-corrected chi connectivity index (χ2v) is 6.10. The summed E-state index contributed by atoms with van der Waals surface area (Å²) in [6, 6.07) is 11.8. The Hall–Kier alpha value is -2.40. The molecule has 1 aromatic carbocycles. The first-order valence-corrected chi connectivity index (χ1v) is 8.20. The summed E-state index contributed by atoms with van der Waals surface area (Å²) in [7, 11) is 1.66. The van der Waals surface area contributed by atoms with Crippen LogP contribution in [-0.4, -0.2) is 41.2 Å². The molecule has 1 aliphatic heterocycles. The number of piperidine rings is 1. The topological polar surface area (TPSA) is 62.7 Å². The number of rotatable bonds is 5. The molecule has 0 aliphatic carbocycles. The van der Waals surface area contributed by atoms with E-state index in [1.165, 1.54) is 0 Å². The molecule has 2 heterocycles. The van der Waals surface area contributed by atoms with E-state index in [2.05, 4.69) is 9.88 Å². The highest BCUT2D eigenvalue weighted by atomic mass is 16.5. The van der Waals surface area contributed by atoms with Crippen LogP contribution >= 0.6 is 0 Å². The second kappa shape index (κ2) is 7.45. The highest BCUT2D eigenvalue weighted by Crippen LogP contribution is 2.36. The lowest BCUT2D eigenvalue weighted by Crippen LogP contribution is -2.41. The fourth-order valence-electron chi connectivity index (χ4n) is 3.46. The lowest BCUT2D eigenvalue weighted by atomic mass is 9.91. The van der Waals surface area contributed by atoms with Crippen LogP contribution in [0.25, 0.3) is 0 Å². The minimum absolute atomic E-state index is 0.0583. The predicted molar refractivity (Wildman–Crippen MR) is 91.0 cm³/mol. The van der Waals surface area contributed by atoms with Gasteiger partial charge < -0.3 is 9.84 Å². The number of methoxy groups -OCH3 is 1. The van der Waals surface area contributed by atoms with Gasteiger partial charge in [0.2, 0.25) is 0 Å². The molecule has 0 amide bonds. The lowest BCUT2D eigenvalue weighted by molar-refractivity contribution is -0.143. The van der Waals surface area contributed by atoms with Crippen LogP contribution in [0.1, 0.15) is 30.0 Å². The van der Waals surface area contributed by atoms with E-state index in [9.17, 15) is 9.90 Å². The average Bonchev–Trinajstić information content (AvgIpc) is 2.63. The van der Waals surface area contributed by atoms with E-state index in [1.54, 1.807) is 13.3 Å². The summed E-state index contributed by atoms with van der Waals surface area (Å²) in [6.45, 7) is 1.40. The third-order valence-corrected chi connectivity index (χ3v) is 4.60. The van der Waals surface area contributed by atoms with Crippen LogP contribution < -0.4 is 4.74 Å². The van der Waals surface area contributed by atoms with Gasteiger partial charge in [-0.1, -0.05) is 24.3 Å². The highest BCUT2D eigenvalue weighted by Gasteiger charge is 2.32. The molecule has 2 unspecified atom stereocenters. The standard InChI is InChI=1S/C19H22N2O3/c1-24-17-9-3-2-8-16(17)18(14-6-4-10-20-12-14)21-11-5-7-15(13-21)19(22)23/h2-4,6,8-10,12,15,18H,5,7,11,13H2,1H3,(H,22,23). The third-order valence-electron chi connectivity index (χ3n) is 4.60. The number of carboxylic acid groups (broad SMARTS) is 1. The first-order chi connectivity index (χ1) is 11.7. The Morgan fingerprint density at radius 3 is 2.88 bits per heavy atom. The maximum Gasteiger partial charge on any atom is 0.307 e. The van der Waals surface area contributed by atoms with E-state index in [0.717, 1.165) is 36.3 Å². The minimum Gasteiger partial charge on any atom is -0.496 e. The largest absolute Gasteiger partial charge is 0.496 e. The van der Waals surface area contributed by atoms with Crippen molar-refractivity contribution >= 4 is 5.97 Å². The Morgan fingerprint density at radius 1 is 1.33 bits per heavy atom. The number of hydrogen-bond acceptors (Lipinski definition) is 4. The molecule has 1 saturated heterocycles. The number of nitrogens with zero attached hydrogens (tertiary/aromatic N) is 2. The fraction of sp³-hybridized carbons (Fsp3) is 0.368. The van der Waals surface area contributed by atoms with Crippen LogP contribution in [0, 0.1) is 5.92 Å². The zero-order valence-corrected chi connectivity index (χ0v) is 13.8. The summed E-state index contributed by atoms with van der Waals surface area (Å²) in [6.07, 6.45) is 5.21. The normalized spacial score (nSPS) is 19.6. The van der Waals surface area contributed by atoms with Gasteiger partial charge in [0.25, 0.3) is 0 Å². The molecule has 2 aromatic rings. The number of aliphatic carboxylic acids is 1. The number of carbonyl (C=O) groups is 1. The van der Waals surface area contributed by atoms with E-state index in [1.807, 2.05) is 42.6 Å². The quantitative estimate of drug-likeness (QED) is 0.915. The molecule has 0 bridgehead atoms. The number of carboxylic acids is 1. The van der Waals surface area contributed by atoms with Gasteiger partial charge in [-0.25, -0.2) is 0 Å². The first-order valence-electron chi connectivity index (χ1n) is 8.20. The molecule has 1 aromatic heterocycles. The maximum absolute atomic E-state index is 11.5. The van der Waals surface area contributed by atoms with Crippen molar-refractivity contribution < 1.29 is 14.6 Å².